The molecule has 3 heterocycles. The van der Waals surface area contributed by atoms with E-state index in [9.17, 15) is 0 Å². The van der Waals surface area contributed by atoms with Crippen LogP contribution in [0.2, 0.25) is 0 Å². The predicted octanol–water partition coefficient (Wildman–Crippen LogP) is 4.73. The van der Waals surface area contributed by atoms with Crippen molar-refractivity contribution in [3.8, 4) is 0 Å². The molecule has 30 heavy (non-hydrogen) atoms. The molecule has 5 heteroatoms. The van der Waals surface area contributed by atoms with E-state index < -0.39 is 0 Å². The Kier molecular flexibility index (Phi) is 5.47. The van der Waals surface area contributed by atoms with Crippen molar-refractivity contribution in [2.75, 3.05) is 13.1 Å². The maximum Gasteiger partial charge on any atom is 0.0651 e. The van der Waals surface area contributed by atoms with Crippen molar-refractivity contribution < 1.29 is 0 Å². The molecule has 0 unspecified atom stereocenters. The quantitative estimate of drug-likeness (QED) is 0.441. The molecule has 3 N–H and O–H groups in total. The van der Waals surface area contributed by atoms with E-state index in [1.807, 2.05) is 12.4 Å². The first-order valence-corrected chi connectivity index (χ1v) is 11.1. The summed E-state index contributed by atoms with van der Waals surface area (Å²) in [5.41, 5.74) is 11.8. The van der Waals surface area contributed by atoms with Crippen molar-refractivity contribution in [2.45, 2.75) is 44.7 Å². The molecule has 5 rings (SSSR count). The van der Waals surface area contributed by atoms with Crippen LogP contribution in [0.4, 0.5) is 0 Å². The summed E-state index contributed by atoms with van der Waals surface area (Å²) in [5.74, 6) is 0. The molecule has 0 fully saturated rings. The predicted molar refractivity (Wildman–Crippen MR) is 122 cm³/mol. The smallest absolute Gasteiger partial charge is 0.0651 e. The Morgan fingerprint density at radius 2 is 1.97 bits per heavy atom. The number of H-pyrrole nitrogens is 1. The van der Waals surface area contributed by atoms with Gasteiger partial charge in [-0.05, 0) is 69.0 Å². The van der Waals surface area contributed by atoms with Gasteiger partial charge in [0.25, 0.3) is 0 Å². The van der Waals surface area contributed by atoms with Crippen LogP contribution in [0, 0.1) is 0 Å². The molecule has 5 nitrogen and oxygen atoms in total. The molecule has 0 amide bonds. The van der Waals surface area contributed by atoms with E-state index in [-0.39, 0.29) is 0 Å². The van der Waals surface area contributed by atoms with Crippen LogP contribution in [0.25, 0.3) is 21.8 Å². The number of fused-ring (bicyclic) bond motifs is 4. The van der Waals surface area contributed by atoms with Crippen molar-refractivity contribution in [3.05, 3.63) is 71.8 Å². The lowest BCUT2D eigenvalue weighted by Crippen LogP contribution is -2.33. The van der Waals surface area contributed by atoms with Crippen LogP contribution in [-0.4, -0.2) is 32.9 Å². The number of benzene rings is 1. The van der Waals surface area contributed by atoms with Crippen LogP contribution < -0.4 is 5.73 Å². The first kappa shape index (κ1) is 19.2. The fourth-order valence-electron chi connectivity index (χ4n) is 4.83. The van der Waals surface area contributed by atoms with Crippen molar-refractivity contribution in [1.29, 1.82) is 0 Å². The molecular formula is C25H29N5. The zero-order valence-corrected chi connectivity index (χ0v) is 17.3. The van der Waals surface area contributed by atoms with Crippen molar-refractivity contribution >= 4 is 21.8 Å². The number of nitrogens with one attached hydrogen (secondary N) is 1. The van der Waals surface area contributed by atoms with Crippen molar-refractivity contribution in [2.24, 2.45) is 5.73 Å². The summed E-state index contributed by atoms with van der Waals surface area (Å²) in [6.07, 6.45) is 9.57. The Morgan fingerprint density at radius 1 is 1.03 bits per heavy atom. The Balaban J connectivity index is 1.47. The van der Waals surface area contributed by atoms with Gasteiger partial charge in [0, 0.05) is 29.0 Å². The number of unbranched alkanes of at least 4 members (excludes halogenated alkanes) is 1. The van der Waals surface area contributed by atoms with Gasteiger partial charge < -0.3 is 10.7 Å². The molecule has 0 aliphatic heterocycles. The number of rotatable bonds is 7. The van der Waals surface area contributed by atoms with Gasteiger partial charge in [0.2, 0.25) is 0 Å². The SMILES string of the molecule is NCCCCN(Cc1cc2c(cn1)[nH]c1ccccc12)[C@H]1CCCc2cccnc21. The minimum absolute atomic E-state index is 0.355. The number of para-hydroxylation sites is 1. The third kappa shape index (κ3) is 3.71. The minimum atomic E-state index is 0.355. The number of nitrogens with two attached hydrogens (primary N) is 1. The van der Waals surface area contributed by atoms with E-state index in [2.05, 4.69) is 52.3 Å². The summed E-state index contributed by atoms with van der Waals surface area (Å²) in [5, 5.41) is 2.51. The number of aromatic amines is 1. The molecule has 0 bridgehead atoms. The van der Waals surface area contributed by atoms with Gasteiger partial charge in [0.05, 0.1) is 29.1 Å². The Labute approximate surface area is 177 Å². The zero-order valence-electron chi connectivity index (χ0n) is 17.3. The second-order valence-corrected chi connectivity index (χ2v) is 8.31. The highest BCUT2D eigenvalue weighted by molar-refractivity contribution is 6.06. The Morgan fingerprint density at radius 3 is 2.90 bits per heavy atom. The molecule has 1 aliphatic carbocycles. The Bertz CT molecular complexity index is 1150. The first-order valence-electron chi connectivity index (χ1n) is 11.1. The Hall–Kier alpha value is -2.76. The normalized spacial score (nSPS) is 16.4. The summed E-state index contributed by atoms with van der Waals surface area (Å²) in [6.45, 7) is 2.60. The second-order valence-electron chi connectivity index (χ2n) is 8.31. The molecule has 0 spiro atoms. The fourth-order valence-corrected chi connectivity index (χ4v) is 4.83. The van der Waals surface area contributed by atoms with E-state index in [4.69, 9.17) is 15.7 Å². The number of hydrogen-bond donors (Lipinski definition) is 2. The minimum Gasteiger partial charge on any atom is -0.353 e. The molecule has 0 radical (unpaired) electrons. The first-order chi connectivity index (χ1) is 14.8. The van der Waals surface area contributed by atoms with E-state index in [0.717, 1.165) is 62.0 Å². The zero-order chi connectivity index (χ0) is 20.3. The molecule has 3 aromatic heterocycles. The lowest BCUT2D eigenvalue weighted by atomic mass is 9.90. The molecule has 1 aromatic carbocycles. The average molecular weight is 400 g/mol. The van der Waals surface area contributed by atoms with Gasteiger partial charge in [0.1, 0.15) is 0 Å². The van der Waals surface area contributed by atoms with Crippen LogP contribution in [0.15, 0.2) is 54.9 Å². The summed E-state index contributed by atoms with van der Waals surface area (Å²) < 4.78 is 0. The standard InChI is InChI=1S/C25H29N5/c26-12-3-4-14-30(24-11-5-7-18-8-6-13-27-25(18)24)17-19-15-21-20-9-1-2-10-22(20)29-23(21)16-28-19/h1-2,6,8-10,13,15-16,24,29H,3-5,7,11-12,14,17,26H2/t24-/m0/s1. The third-order valence-corrected chi connectivity index (χ3v) is 6.32. The average Bonchev–Trinajstić information content (AvgIpc) is 3.16. The van der Waals surface area contributed by atoms with Crippen LogP contribution in [-0.2, 0) is 13.0 Å². The van der Waals surface area contributed by atoms with Crippen LogP contribution >= 0.6 is 0 Å². The highest BCUT2D eigenvalue weighted by atomic mass is 15.2. The van der Waals surface area contributed by atoms with Gasteiger partial charge >= 0.3 is 0 Å². The van der Waals surface area contributed by atoms with Gasteiger partial charge in [0.15, 0.2) is 0 Å². The highest BCUT2D eigenvalue weighted by Crippen LogP contribution is 2.34. The number of hydrogen-bond acceptors (Lipinski definition) is 4. The molecule has 154 valence electrons. The monoisotopic (exact) mass is 399 g/mol. The lowest BCUT2D eigenvalue weighted by Gasteiger charge is -2.35. The maximum atomic E-state index is 5.78. The fraction of sp³-hybridized carbons (Fsp3) is 0.360. The van der Waals surface area contributed by atoms with Crippen molar-refractivity contribution in [1.82, 2.24) is 19.9 Å². The van der Waals surface area contributed by atoms with Crippen LogP contribution in [0.5, 0.6) is 0 Å². The molecule has 0 saturated heterocycles. The molecular weight excluding hydrogens is 370 g/mol. The topological polar surface area (TPSA) is 70.8 Å². The molecule has 1 atom stereocenters. The molecule has 1 aliphatic rings. The summed E-state index contributed by atoms with van der Waals surface area (Å²) in [4.78, 5) is 15.6. The number of aromatic nitrogens is 3. The molecule has 4 aromatic rings. The maximum absolute atomic E-state index is 5.78. The van der Waals surface area contributed by atoms with E-state index in [1.165, 1.54) is 28.5 Å². The third-order valence-electron chi connectivity index (χ3n) is 6.32. The van der Waals surface area contributed by atoms with Crippen molar-refractivity contribution in [3.63, 3.8) is 0 Å². The molecule has 0 saturated carbocycles. The van der Waals surface area contributed by atoms with Gasteiger partial charge in [-0.1, -0.05) is 24.3 Å². The summed E-state index contributed by atoms with van der Waals surface area (Å²) >= 11 is 0. The second kappa shape index (κ2) is 8.54. The van der Waals surface area contributed by atoms with Gasteiger partial charge in [-0.2, -0.15) is 0 Å². The van der Waals surface area contributed by atoms with E-state index >= 15 is 0 Å². The summed E-state index contributed by atoms with van der Waals surface area (Å²) in [6, 6.07) is 15.4. The van der Waals surface area contributed by atoms with E-state index in [1.54, 1.807) is 0 Å². The van der Waals surface area contributed by atoms with Gasteiger partial charge in [-0.25, -0.2) is 0 Å². The number of aryl methyl sites for hydroxylation is 1. The summed E-state index contributed by atoms with van der Waals surface area (Å²) in [7, 11) is 0. The number of pyridine rings is 2. The highest BCUT2D eigenvalue weighted by Gasteiger charge is 2.27. The van der Waals surface area contributed by atoms with Gasteiger partial charge in [-0.15, -0.1) is 0 Å². The lowest BCUT2D eigenvalue weighted by molar-refractivity contribution is 0.161. The largest absolute Gasteiger partial charge is 0.353 e. The van der Waals surface area contributed by atoms with E-state index in [0.29, 0.717) is 6.04 Å². The van der Waals surface area contributed by atoms with Gasteiger partial charge in [-0.3, -0.25) is 14.9 Å². The van der Waals surface area contributed by atoms with Crippen LogP contribution in [0.3, 0.4) is 0 Å². The van der Waals surface area contributed by atoms with Crippen LogP contribution in [0.1, 0.15) is 48.7 Å². The number of nitrogens with zero attached hydrogens (tertiary/aromatic N) is 3.